The second-order valence-electron chi connectivity index (χ2n) is 4.06. The van der Waals surface area contributed by atoms with Crippen LogP contribution in [0.4, 0.5) is 0 Å². The first-order valence-corrected chi connectivity index (χ1v) is 8.17. The van der Waals surface area contributed by atoms with Crippen LogP contribution in [-0.2, 0) is 5.75 Å². The minimum absolute atomic E-state index is 0.102. The smallest absolute Gasteiger partial charge is 0.309 e. The number of aromatic amines is 3. The molecule has 0 atom stereocenters. The van der Waals surface area contributed by atoms with Crippen molar-refractivity contribution in [2.24, 2.45) is 0 Å². The molecule has 114 valence electrons. The highest BCUT2D eigenvalue weighted by Crippen LogP contribution is 2.20. The van der Waals surface area contributed by atoms with Gasteiger partial charge in [0.05, 0.1) is 15.5 Å². The Kier molecular flexibility index (Phi) is 4.10. The first-order valence-electron chi connectivity index (χ1n) is 5.73. The minimum atomic E-state index is -0.664. The third kappa shape index (κ3) is 2.83. The summed E-state index contributed by atoms with van der Waals surface area (Å²) in [6.07, 6.45) is 1.53. The van der Waals surface area contributed by atoms with Crippen molar-refractivity contribution in [1.82, 2.24) is 29.5 Å². The van der Waals surface area contributed by atoms with Gasteiger partial charge < -0.3 is 4.98 Å². The fraction of sp³-hybridized carbons (Fsp3) is 0.100. The van der Waals surface area contributed by atoms with Crippen LogP contribution < -0.4 is 16.9 Å². The SMILES string of the molecule is O=c1[nH]c(CSc2nc3c(I)cnn3c(=O)[nH]2)c(Cl)c(=O)[nH]1. The maximum Gasteiger partial charge on any atom is 0.350 e. The number of aromatic nitrogens is 6. The number of nitrogens with zero attached hydrogens (tertiary/aromatic N) is 3. The average Bonchev–Trinajstić information content (AvgIpc) is 2.83. The van der Waals surface area contributed by atoms with E-state index in [9.17, 15) is 14.4 Å². The fourth-order valence-electron chi connectivity index (χ4n) is 1.67. The molecular weight excluding hydrogens is 447 g/mol. The number of rotatable bonds is 3. The molecule has 0 aliphatic rings. The van der Waals surface area contributed by atoms with Crippen LogP contribution in [0.15, 0.2) is 25.7 Å². The van der Waals surface area contributed by atoms with Gasteiger partial charge in [0.25, 0.3) is 5.56 Å². The summed E-state index contributed by atoms with van der Waals surface area (Å²) in [5.41, 5.74) is -1.06. The van der Waals surface area contributed by atoms with Crippen molar-refractivity contribution in [3.8, 4) is 0 Å². The number of H-pyrrole nitrogens is 3. The Morgan fingerprint density at radius 1 is 1.27 bits per heavy atom. The number of fused-ring (bicyclic) bond motifs is 1. The predicted molar refractivity (Wildman–Crippen MR) is 88.6 cm³/mol. The van der Waals surface area contributed by atoms with Gasteiger partial charge in [-0.3, -0.25) is 14.8 Å². The molecule has 0 aliphatic heterocycles. The molecule has 3 heterocycles. The predicted octanol–water partition coefficient (Wildman–Crippen LogP) is 0.344. The number of hydrogen-bond donors (Lipinski definition) is 3. The highest BCUT2D eigenvalue weighted by Gasteiger charge is 2.11. The molecule has 9 nitrogen and oxygen atoms in total. The summed E-state index contributed by atoms with van der Waals surface area (Å²) < 4.78 is 1.88. The summed E-state index contributed by atoms with van der Waals surface area (Å²) in [7, 11) is 0. The summed E-state index contributed by atoms with van der Waals surface area (Å²) >= 11 is 8.98. The van der Waals surface area contributed by atoms with E-state index in [4.69, 9.17) is 11.6 Å². The van der Waals surface area contributed by atoms with Gasteiger partial charge in [-0.15, -0.1) is 0 Å². The van der Waals surface area contributed by atoms with Crippen LogP contribution in [0.1, 0.15) is 5.69 Å². The van der Waals surface area contributed by atoms with Gasteiger partial charge in [0.1, 0.15) is 5.02 Å². The van der Waals surface area contributed by atoms with Crippen LogP contribution in [-0.4, -0.2) is 29.5 Å². The Hall–Kier alpha value is -1.60. The van der Waals surface area contributed by atoms with E-state index in [0.717, 1.165) is 19.8 Å². The van der Waals surface area contributed by atoms with Crippen molar-refractivity contribution in [3.05, 3.63) is 51.8 Å². The zero-order valence-corrected chi connectivity index (χ0v) is 14.2. The van der Waals surface area contributed by atoms with Crippen LogP contribution in [0, 0.1) is 3.57 Å². The first kappa shape index (κ1) is 15.3. The summed E-state index contributed by atoms with van der Waals surface area (Å²) in [4.78, 5) is 45.8. The summed E-state index contributed by atoms with van der Waals surface area (Å²) in [6, 6.07) is 0. The van der Waals surface area contributed by atoms with Crippen LogP contribution in [0.2, 0.25) is 5.02 Å². The lowest BCUT2D eigenvalue weighted by Gasteiger charge is -2.03. The van der Waals surface area contributed by atoms with Crippen molar-refractivity contribution in [2.45, 2.75) is 10.9 Å². The Morgan fingerprint density at radius 2 is 2.05 bits per heavy atom. The third-order valence-corrected chi connectivity index (χ3v) is 4.68. The van der Waals surface area contributed by atoms with Gasteiger partial charge in [0, 0.05) is 5.75 Å². The van der Waals surface area contributed by atoms with Crippen LogP contribution in [0.25, 0.3) is 5.65 Å². The summed E-state index contributed by atoms with van der Waals surface area (Å²) in [6.45, 7) is 0. The maximum absolute atomic E-state index is 11.8. The molecule has 0 aromatic carbocycles. The van der Waals surface area contributed by atoms with Crippen LogP contribution >= 0.6 is 46.0 Å². The van der Waals surface area contributed by atoms with Gasteiger partial charge in [-0.1, -0.05) is 23.4 Å². The Balaban J connectivity index is 1.95. The molecule has 0 spiro atoms. The molecule has 3 N–H and O–H groups in total. The second kappa shape index (κ2) is 5.89. The van der Waals surface area contributed by atoms with Crippen LogP contribution in [0.3, 0.4) is 0 Å². The van der Waals surface area contributed by atoms with E-state index in [2.05, 4.69) is 20.1 Å². The molecule has 3 aromatic heterocycles. The minimum Gasteiger partial charge on any atom is -0.309 e. The van der Waals surface area contributed by atoms with Crippen LogP contribution in [0.5, 0.6) is 0 Å². The lowest BCUT2D eigenvalue weighted by Crippen LogP contribution is -2.24. The zero-order chi connectivity index (χ0) is 15.9. The molecule has 0 unspecified atom stereocenters. The molecule has 22 heavy (non-hydrogen) atoms. The molecule has 0 radical (unpaired) electrons. The molecule has 0 fully saturated rings. The average molecular weight is 453 g/mol. The fourth-order valence-corrected chi connectivity index (χ4v) is 3.19. The van der Waals surface area contributed by atoms with E-state index in [1.165, 1.54) is 6.20 Å². The van der Waals surface area contributed by atoms with Gasteiger partial charge >= 0.3 is 11.4 Å². The topological polar surface area (TPSA) is 129 Å². The largest absolute Gasteiger partial charge is 0.350 e. The zero-order valence-electron chi connectivity index (χ0n) is 10.5. The van der Waals surface area contributed by atoms with Crippen molar-refractivity contribution < 1.29 is 0 Å². The highest BCUT2D eigenvalue weighted by atomic mass is 127. The van der Waals surface area contributed by atoms with Crippen molar-refractivity contribution in [3.63, 3.8) is 0 Å². The molecular formula is C10H6ClIN6O3S. The first-order chi connectivity index (χ1) is 10.5. The van der Waals surface area contributed by atoms with E-state index in [1.807, 2.05) is 27.6 Å². The number of halogens is 2. The number of thioether (sulfide) groups is 1. The third-order valence-electron chi connectivity index (χ3n) is 2.62. The summed E-state index contributed by atoms with van der Waals surface area (Å²) in [5, 5.41) is 4.12. The number of hydrogen-bond acceptors (Lipinski definition) is 6. The maximum atomic E-state index is 11.8. The molecule has 0 bridgehead atoms. The van der Waals surface area contributed by atoms with Crippen molar-refractivity contribution >= 4 is 51.6 Å². The quantitative estimate of drug-likeness (QED) is 0.388. The lowest BCUT2D eigenvalue weighted by molar-refractivity contribution is 0.786. The molecule has 12 heteroatoms. The molecule has 0 saturated carbocycles. The Morgan fingerprint density at radius 3 is 2.82 bits per heavy atom. The van der Waals surface area contributed by atoms with Gasteiger partial charge in [-0.25, -0.2) is 14.6 Å². The van der Waals surface area contributed by atoms with Gasteiger partial charge in [0.2, 0.25) is 0 Å². The normalized spacial score (nSPS) is 11.2. The van der Waals surface area contributed by atoms with E-state index in [1.54, 1.807) is 0 Å². The van der Waals surface area contributed by atoms with Crippen molar-refractivity contribution in [1.29, 1.82) is 0 Å². The number of nitrogens with one attached hydrogen (secondary N) is 3. The van der Waals surface area contributed by atoms with Gasteiger partial charge in [0.15, 0.2) is 10.8 Å². The monoisotopic (exact) mass is 452 g/mol. The standard InChI is InChI=1S/C10H6ClIN6O3S/c11-5-4(14-8(20)16-7(5)19)2-22-9-15-6-3(12)1-13-18(6)10(21)17-9/h1H,2H2,(H,15,17,21)(H2,14,16,19,20). The van der Waals surface area contributed by atoms with Gasteiger partial charge in [-0.05, 0) is 22.6 Å². The molecule has 0 aliphatic carbocycles. The lowest BCUT2D eigenvalue weighted by atomic mass is 10.4. The van der Waals surface area contributed by atoms with E-state index in [-0.39, 0.29) is 16.5 Å². The second-order valence-corrected chi connectivity index (χ2v) is 6.57. The van der Waals surface area contributed by atoms with E-state index >= 15 is 0 Å². The van der Waals surface area contributed by atoms with E-state index < -0.39 is 16.9 Å². The molecule has 0 amide bonds. The summed E-state index contributed by atoms with van der Waals surface area (Å²) in [5.74, 6) is 0.168. The molecule has 0 saturated heterocycles. The Labute approximate surface area is 143 Å². The van der Waals surface area contributed by atoms with Crippen molar-refractivity contribution in [2.75, 3.05) is 0 Å². The van der Waals surface area contributed by atoms with Gasteiger partial charge in [-0.2, -0.15) is 9.61 Å². The highest BCUT2D eigenvalue weighted by molar-refractivity contribution is 14.1. The Bertz CT molecular complexity index is 1040. The van der Waals surface area contributed by atoms with E-state index in [0.29, 0.717) is 10.8 Å². The molecule has 3 rings (SSSR count). The molecule has 3 aromatic rings.